The number of benzene rings is 3. The van der Waals surface area contributed by atoms with Gasteiger partial charge in [0.25, 0.3) is 0 Å². The summed E-state index contributed by atoms with van der Waals surface area (Å²) in [6.45, 7) is 2.58. The Hall–Kier alpha value is -4.45. The van der Waals surface area contributed by atoms with Gasteiger partial charge in [-0.15, -0.1) is 0 Å². The van der Waals surface area contributed by atoms with Gasteiger partial charge in [0, 0.05) is 41.0 Å². The standard InChI is InChI=1S/C33H34ClFN4O6/c1-43-30-17-24-27(18-31(30)44-20-23(40)19-39-13-5-2-6-14-39)36-12-11-28(24)45-29-10-9-22(16-26(29)35)37-33(42)38-32(41)15-21-7-3-4-8-25(21)34/h3-4,7-12,16-18,23,40H,2,5-6,13-15,19-20H2,1H3,(H2,37,38,41,42). The van der Waals surface area contributed by atoms with E-state index in [0.717, 1.165) is 32.0 Å². The fourth-order valence-corrected chi connectivity index (χ4v) is 5.30. The average molecular weight is 637 g/mol. The summed E-state index contributed by atoms with van der Waals surface area (Å²) >= 11 is 6.07. The van der Waals surface area contributed by atoms with E-state index in [4.69, 9.17) is 25.8 Å². The van der Waals surface area contributed by atoms with Gasteiger partial charge in [-0.05, 0) is 61.8 Å². The number of pyridine rings is 1. The highest BCUT2D eigenvalue weighted by Crippen LogP contribution is 2.38. The SMILES string of the molecule is COc1cc2c(Oc3ccc(NC(=O)NC(=O)Cc4ccccc4Cl)cc3F)ccnc2cc1OCC(O)CN1CCCCC1. The third-order valence-electron chi connectivity index (χ3n) is 7.31. The molecule has 1 aromatic heterocycles. The first kappa shape index (κ1) is 32.0. The molecule has 5 rings (SSSR count). The van der Waals surface area contributed by atoms with Gasteiger partial charge in [-0.3, -0.25) is 15.1 Å². The van der Waals surface area contributed by atoms with Gasteiger partial charge < -0.3 is 29.5 Å². The molecule has 2 heterocycles. The van der Waals surface area contributed by atoms with Crippen molar-refractivity contribution in [2.75, 3.05) is 38.7 Å². The van der Waals surface area contributed by atoms with Crippen LogP contribution in [-0.2, 0) is 11.2 Å². The van der Waals surface area contributed by atoms with E-state index in [0.29, 0.717) is 45.3 Å². The van der Waals surface area contributed by atoms with Crippen LogP contribution in [0.3, 0.4) is 0 Å². The monoisotopic (exact) mass is 636 g/mol. The number of hydrogen-bond donors (Lipinski definition) is 3. The normalized spacial score (nSPS) is 14.0. The molecular formula is C33H34ClFN4O6. The lowest BCUT2D eigenvalue weighted by Gasteiger charge is -2.28. The molecule has 0 bridgehead atoms. The van der Waals surface area contributed by atoms with E-state index >= 15 is 4.39 Å². The molecule has 45 heavy (non-hydrogen) atoms. The van der Waals surface area contributed by atoms with E-state index in [9.17, 15) is 14.7 Å². The molecule has 1 aliphatic heterocycles. The van der Waals surface area contributed by atoms with Crippen LogP contribution in [0, 0.1) is 5.82 Å². The third-order valence-corrected chi connectivity index (χ3v) is 7.68. The van der Waals surface area contributed by atoms with Gasteiger partial charge in [-0.2, -0.15) is 0 Å². The van der Waals surface area contributed by atoms with Gasteiger partial charge in [0.15, 0.2) is 23.1 Å². The summed E-state index contributed by atoms with van der Waals surface area (Å²) in [5, 5.41) is 16.1. The zero-order chi connectivity index (χ0) is 31.8. The van der Waals surface area contributed by atoms with Crippen LogP contribution in [0.1, 0.15) is 24.8 Å². The van der Waals surface area contributed by atoms with Crippen molar-refractivity contribution in [3.05, 3.63) is 83.3 Å². The molecule has 0 aliphatic carbocycles. The number of imide groups is 1. The molecule has 10 nitrogen and oxygen atoms in total. The van der Waals surface area contributed by atoms with E-state index in [1.807, 2.05) is 0 Å². The Morgan fingerprint density at radius 2 is 1.82 bits per heavy atom. The summed E-state index contributed by atoms with van der Waals surface area (Å²) in [7, 11) is 1.50. The first-order chi connectivity index (χ1) is 21.8. The zero-order valence-corrected chi connectivity index (χ0v) is 25.5. The number of carbonyl (C=O) groups is 2. The van der Waals surface area contributed by atoms with Gasteiger partial charge in [-0.25, -0.2) is 9.18 Å². The molecule has 3 aromatic carbocycles. The lowest BCUT2D eigenvalue weighted by molar-refractivity contribution is -0.119. The quantitative estimate of drug-likeness (QED) is 0.185. The number of likely N-dealkylation sites (tertiary alicyclic amines) is 1. The van der Waals surface area contributed by atoms with Crippen molar-refractivity contribution >= 4 is 40.1 Å². The van der Waals surface area contributed by atoms with Crippen LogP contribution in [0.4, 0.5) is 14.9 Å². The number of halogens is 2. The minimum atomic E-state index is -0.815. The van der Waals surface area contributed by atoms with Crippen molar-refractivity contribution < 1.29 is 33.3 Å². The van der Waals surface area contributed by atoms with Crippen LogP contribution < -0.4 is 24.8 Å². The number of rotatable bonds is 11. The molecule has 1 fully saturated rings. The van der Waals surface area contributed by atoms with Crippen molar-refractivity contribution in [1.29, 1.82) is 0 Å². The molecule has 1 aliphatic rings. The molecule has 3 N–H and O–H groups in total. The second-order valence-electron chi connectivity index (χ2n) is 10.7. The number of fused-ring (bicyclic) bond motifs is 1. The number of urea groups is 1. The highest BCUT2D eigenvalue weighted by Gasteiger charge is 2.18. The van der Waals surface area contributed by atoms with Gasteiger partial charge >= 0.3 is 6.03 Å². The van der Waals surface area contributed by atoms with E-state index in [2.05, 4.69) is 20.5 Å². The lowest BCUT2D eigenvalue weighted by atomic mass is 10.1. The molecule has 4 aromatic rings. The maximum Gasteiger partial charge on any atom is 0.325 e. The van der Waals surface area contributed by atoms with Crippen LogP contribution in [0.2, 0.25) is 5.02 Å². The van der Waals surface area contributed by atoms with Gasteiger partial charge in [0.2, 0.25) is 5.91 Å². The molecule has 1 atom stereocenters. The predicted octanol–water partition coefficient (Wildman–Crippen LogP) is 5.94. The fourth-order valence-electron chi connectivity index (χ4n) is 5.10. The Morgan fingerprint density at radius 1 is 1.02 bits per heavy atom. The highest BCUT2D eigenvalue weighted by atomic mass is 35.5. The van der Waals surface area contributed by atoms with Crippen molar-refractivity contribution in [3.63, 3.8) is 0 Å². The molecule has 3 amide bonds. The first-order valence-corrected chi connectivity index (χ1v) is 15.0. The second kappa shape index (κ2) is 15.0. The number of aliphatic hydroxyl groups is 1. The van der Waals surface area contributed by atoms with Crippen molar-refractivity contribution in [2.45, 2.75) is 31.8 Å². The Bertz CT molecular complexity index is 1670. The predicted molar refractivity (Wildman–Crippen MR) is 169 cm³/mol. The van der Waals surface area contributed by atoms with Crippen LogP contribution >= 0.6 is 11.6 Å². The number of methoxy groups -OCH3 is 1. The van der Waals surface area contributed by atoms with Crippen LogP contribution in [0.15, 0.2) is 66.9 Å². The second-order valence-corrected chi connectivity index (χ2v) is 11.1. The molecule has 0 saturated carbocycles. The highest BCUT2D eigenvalue weighted by molar-refractivity contribution is 6.31. The summed E-state index contributed by atoms with van der Waals surface area (Å²) < 4.78 is 32.4. The molecule has 12 heteroatoms. The van der Waals surface area contributed by atoms with Gasteiger partial charge in [0.1, 0.15) is 18.5 Å². The molecular weight excluding hydrogens is 603 g/mol. The molecule has 1 saturated heterocycles. The summed E-state index contributed by atoms with van der Waals surface area (Å²) in [4.78, 5) is 31.2. The summed E-state index contributed by atoms with van der Waals surface area (Å²) in [6.07, 6.45) is 4.27. The van der Waals surface area contributed by atoms with E-state index in [1.54, 1.807) is 42.5 Å². The van der Waals surface area contributed by atoms with Crippen LogP contribution in [0.25, 0.3) is 10.9 Å². The topological polar surface area (TPSA) is 122 Å². The third kappa shape index (κ3) is 8.59. The maximum absolute atomic E-state index is 15.1. The van der Waals surface area contributed by atoms with Gasteiger partial charge in [-0.1, -0.05) is 36.2 Å². The van der Waals surface area contributed by atoms with Crippen molar-refractivity contribution in [2.24, 2.45) is 0 Å². The number of anilines is 1. The minimum Gasteiger partial charge on any atom is -0.493 e. The molecule has 1 unspecified atom stereocenters. The van der Waals surface area contributed by atoms with Gasteiger partial charge in [0.05, 0.1) is 19.0 Å². The van der Waals surface area contributed by atoms with Crippen LogP contribution in [-0.4, -0.2) is 66.4 Å². The number of nitrogens with zero attached hydrogens (tertiary/aromatic N) is 2. The van der Waals surface area contributed by atoms with Crippen LogP contribution in [0.5, 0.6) is 23.0 Å². The smallest absolute Gasteiger partial charge is 0.325 e. The number of amides is 3. The minimum absolute atomic E-state index is 0.0901. The number of ether oxygens (including phenoxy) is 3. The van der Waals surface area contributed by atoms with Crippen molar-refractivity contribution in [3.8, 4) is 23.0 Å². The average Bonchev–Trinajstić information content (AvgIpc) is 3.02. The van der Waals surface area contributed by atoms with Crippen molar-refractivity contribution in [1.82, 2.24) is 15.2 Å². The largest absolute Gasteiger partial charge is 0.493 e. The fraction of sp³-hybridized carbons (Fsp3) is 0.303. The number of nitrogens with one attached hydrogen (secondary N) is 2. The number of aliphatic hydroxyl groups excluding tert-OH is 1. The molecule has 236 valence electrons. The van der Waals surface area contributed by atoms with E-state index in [-0.39, 0.29) is 24.5 Å². The molecule has 0 radical (unpaired) electrons. The lowest BCUT2D eigenvalue weighted by Crippen LogP contribution is -2.38. The Morgan fingerprint density at radius 3 is 2.58 bits per heavy atom. The summed E-state index contributed by atoms with van der Waals surface area (Å²) in [5.74, 6) is -0.267. The summed E-state index contributed by atoms with van der Waals surface area (Å²) in [6, 6.07) is 14.8. The number of aromatic nitrogens is 1. The Labute approximate surface area is 265 Å². The Kier molecular flexibility index (Phi) is 10.7. The zero-order valence-electron chi connectivity index (χ0n) is 24.7. The Balaban J connectivity index is 1.22. The van der Waals surface area contributed by atoms with E-state index < -0.39 is 23.9 Å². The number of carbonyl (C=O) groups excluding carboxylic acids is 2. The maximum atomic E-state index is 15.1. The first-order valence-electron chi connectivity index (χ1n) is 14.6. The van der Waals surface area contributed by atoms with E-state index in [1.165, 1.54) is 31.9 Å². The molecule has 0 spiro atoms. The number of hydrogen-bond acceptors (Lipinski definition) is 8. The number of piperidine rings is 1. The number of β-amino-alcohol motifs (C(OH)–C–C–N with tert-alkyl or cyclic N) is 1. The summed E-state index contributed by atoms with van der Waals surface area (Å²) in [5.41, 5.74) is 1.21.